The van der Waals surface area contributed by atoms with Gasteiger partial charge in [-0.2, -0.15) is 0 Å². The summed E-state index contributed by atoms with van der Waals surface area (Å²) in [4.78, 5) is 12.8. The predicted octanol–water partition coefficient (Wildman–Crippen LogP) is 2.83. The number of carbonyl (C=O) groups is 1. The number of hydrogen-bond acceptors (Lipinski definition) is 2. The first-order valence-corrected chi connectivity index (χ1v) is 12.0. The number of fused-ring (bicyclic) bond motifs is 3. The minimum atomic E-state index is -0.140. The minimum Gasteiger partial charge on any atom is -1.00 e. The summed E-state index contributed by atoms with van der Waals surface area (Å²) in [7, 11) is 4.75. The molecule has 1 N–H and O–H groups in total. The van der Waals surface area contributed by atoms with E-state index in [-0.39, 0.29) is 36.5 Å². The Bertz CT molecular complexity index is 1080. The van der Waals surface area contributed by atoms with Gasteiger partial charge >= 0.3 is 0 Å². The Balaban J connectivity index is 0.00000259. The maximum Gasteiger partial charge on any atom is 0.255 e. The number of carbonyl (C=O) groups excluding carboxylic acids is 1. The van der Waals surface area contributed by atoms with E-state index in [1.54, 1.807) is 0 Å². The molecule has 6 heteroatoms. The van der Waals surface area contributed by atoms with Gasteiger partial charge in [-0.25, -0.2) is 0 Å². The highest BCUT2D eigenvalue weighted by Gasteiger charge is 2.47. The van der Waals surface area contributed by atoms with Crippen molar-refractivity contribution in [3.63, 3.8) is 0 Å². The number of ether oxygens (including phenoxy) is 1. The lowest BCUT2D eigenvalue weighted by Gasteiger charge is -2.40. The van der Waals surface area contributed by atoms with Gasteiger partial charge in [-0.1, -0.05) is 23.7 Å². The summed E-state index contributed by atoms with van der Waals surface area (Å²) in [6.45, 7) is 3.25. The number of anilines is 1. The zero-order valence-corrected chi connectivity index (χ0v) is 22.4. The molecule has 3 atom stereocenters. The van der Waals surface area contributed by atoms with E-state index in [1.807, 2.05) is 37.3 Å². The molecule has 1 aliphatic heterocycles. The van der Waals surface area contributed by atoms with Crippen LogP contribution in [0.1, 0.15) is 42.4 Å². The van der Waals surface area contributed by atoms with E-state index in [2.05, 4.69) is 31.5 Å². The summed E-state index contributed by atoms with van der Waals surface area (Å²) in [5.41, 5.74) is 4.54. The van der Waals surface area contributed by atoms with Gasteiger partial charge in [-0.05, 0) is 68.0 Å². The highest BCUT2D eigenvalue weighted by atomic mass is 127. The molecule has 3 unspecified atom stereocenters. The fourth-order valence-electron chi connectivity index (χ4n) is 6.13. The maximum atomic E-state index is 12.8. The third-order valence-electron chi connectivity index (χ3n) is 7.66. The van der Waals surface area contributed by atoms with Crippen molar-refractivity contribution in [3.05, 3.63) is 63.7 Å². The third-order valence-corrected chi connectivity index (χ3v) is 7.88. The molecule has 4 nitrogen and oxygen atoms in total. The van der Waals surface area contributed by atoms with Crippen molar-refractivity contribution in [2.45, 2.75) is 45.2 Å². The Labute approximate surface area is 218 Å². The Hall–Kier alpha value is -1.57. The lowest BCUT2D eigenvalue weighted by molar-refractivity contribution is -0.931. The number of amides is 1. The average Bonchev–Trinajstić information content (AvgIpc) is 3.38. The summed E-state index contributed by atoms with van der Waals surface area (Å²) < 4.78 is 6.89. The van der Waals surface area contributed by atoms with Crippen molar-refractivity contribution in [2.75, 3.05) is 26.0 Å². The van der Waals surface area contributed by atoms with Crippen LogP contribution in [0.5, 0.6) is 5.75 Å². The van der Waals surface area contributed by atoms with Crippen molar-refractivity contribution in [2.24, 2.45) is 11.8 Å². The average molecular weight is 579 g/mol. The molecular weight excluding hydrogens is 547 g/mol. The second kappa shape index (κ2) is 9.59. The van der Waals surface area contributed by atoms with Crippen molar-refractivity contribution in [3.8, 4) is 5.75 Å². The number of aryl methyl sites for hydroxylation is 1. The van der Waals surface area contributed by atoms with Gasteiger partial charge < -0.3 is 38.5 Å². The molecular formula is C27H32ClIN2O2. The number of rotatable bonds is 5. The summed E-state index contributed by atoms with van der Waals surface area (Å²) in [5, 5.41) is 3.66. The van der Waals surface area contributed by atoms with Crippen molar-refractivity contribution >= 4 is 29.3 Å². The highest BCUT2D eigenvalue weighted by Crippen LogP contribution is 2.48. The predicted molar refractivity (Wildman–Crippen MR) is 130 cm³/mol. The van der Waals surface area contributed by atoms with E-state index < -0.39 is 0 Å². The van der Waals surface area contributed by atoms with Crippen LogP contribution < -0.4 is 34.0 Å². The number of halogens is 2. The lowest BCUT2D eigenvalue weighted by Crippen LogP contribution is -3.00. The summed E-state index contributed by atoms with van der Waals surface area (Å²) in [6.07, 6.45) is 7.55. The summed E-state index contributed by atoms with van der Waals surface area (Å²) in [6, 6.07) is 12.8. The molecule has 1 heterocycles. The quantitative estimate of drug-likeness (QED) is 0.438. The van der Waals surface area contributed by atoms with Gasteiger partial charge in [0.1, 0.15) is 18.9 Å². The summed E-state index contributed by atoms with van der Waals surface area (Å²) in [5.74, 6) is 2.53. The molecule has 0 radical (unpaired) electrons. The maximum absolute atomic E-state index is 12.8. The molecule has 0 saturated heterocycles. The molecule has 1 amide bonds. The van der Waals surface area contributed by atoms with Crippen molar-refractivity contribution in [1.82, 2.24) is 0 Å². The highest BCUT2D eigenvalue weighted by molar-refractivity contribution is 6.31. The molecule has 2 aromatic rings. The topological polar surface area (TPSA) is 38.3 Å². The molecule has 2 aromatic carbocycles. The fourth-order valence-corrected chi connectivity index (χ4v) is 6.41. The standard InChI is InChI=1S/C27H31ClN2O2.HI/c1-17-10-23(28)14-21-13-22(16-32-26(17)21)27(31)29-24-8-5-18(6-9-24)15-30(2,3)25-12-19-4-7-20(25)11-19;/h5-6,8-10,13-14,19-20,25H,4,7,11-12,15-16H2,1-3H3;1H. The van der Waals surface area contributed by atoms with Crippen LogP contribution in [0, 0.1) is 18.8 Å². The van der Waals surface area contributed by atoms with E-state index in [1.165, 1.54) is 31.2 Å². The van der Waals surface area contributed by atoms with Gasteiger partial charge in [0.2, 0.25) is 0 Å². The second-order valence-electron chi connectivity index (χ2n) is 10.4. The zero-order chi connectivity index (χ0) is 22.5. The third kappa shape index (κ3) is 5.10. The first kappa shape index (κ1) is 24.6. The molecule has 2 fully saturated rings. The Morgan fingerprint density at radius 3 is 2.58 bits per heavy atom. The first-order valence-electron chi connectivity index (χ1n) is 11.6. The lowest BCUT2D eigenvalue weighted by atomic mass is 9.92. The number of nitrogens with zero attached hydrogens (tertiary/aromatic N) is 1. The zero-order valence-electron chi connectivity index (χ0n) is 19.5. The van der Waals surface area contributed by atoms with Gasteiger partial charge in [-0.15, -0.1) is 0 Å². The van der Waals surface area contributed by atoms with Gasteiger partial charge in [0.05, 0.1) is 25.7 Å². The molecule has 3 aliphatic rings. The van der Waals surface area contributed by atoms with E-state index in [0.717, 1.165) is 51.5 Å². The molecule has 5 rings (SSSR count). The van der Waals surface area contributed by atoms with Crippen LogP contribution in [0.3, 0.4) is 0 Å². The smallest absolute Gasteiger partial charge is 0.255 e. The number of benzene rings is 2. The van der Waals surface area contributed by atoms with Crippen LogP contribution in [0.4, 0.5) is 5.69 Å². The number of quaternary nitrogens is 1. The molecule has 2 saturated carbocycles. The molecule has 0 spiro atoms. The molecule has 2 bridgehead atoms. The van der Waals surface area contributed by atoms with Crippen molar-refractivity contribution in [1.29, 1.82) is 0 Å². The van der Waals surface area contributed by atoms with Gasteiger partial charge in [-0.3, -0.25) is 4.79 Å². The monoisotopic (exact) mass is 578 g/mol. The van der Waals surface area contributed by atoms with Crippen LogP contribution in [0.25, 0.3) is 6.08 Å². The van der Waals surface area contributed by atoms with Crippen LogP contribution in [-0.4, -0.2) is 37.1 Å². The second-order valence-corrected chi connectivity index (χ2v) is 10.9. The van der Waals surface area contributed by atoms with Gasteiger partial charge in [0.15, 0.2) is 0 Å². The van der Waals surface area contributed by atoms with E-state index in [9.17, 15) is 4.79 Å². The Kier molecular flexibility index (Phi) is 7.13. The van der Waals surface area contributed by atoms with Gasteiger partial charge in [0.25, 0.3) is 5.91 Å². The Morgan fingerprint density at radius 2 is 1.91 bits per heavy atom. The van der Waals surface area contributed by atoms with Gasteiger partial charge in [0, 0.05) is 34.2 Å². The molecule has 0 aromatic heterocycles. The normalized spacial score (nSPS) is 23.3. The minimum absolute atomic E-state index is 0. The van der Waals surface area contributed by atoms with E-state index in [4.69, 9.17) is 16.3 Å². The van der Waals surface area contributed by atoms with Crippen LogP contribution >= 0.6 is 11.6 Å². The number of nitrogens with one attached hydrogen (secondary N) is 1. The first-order chi connectivity index (χ1) is 15.3. The molecule has 176 valence electrons. The largest absolute Gasteiger partial charge is 1.00 e. The van der Waals surface area contributed by atoms with Crippen LogP contribution in [0.2, 0.25) is 5.02 Å². The van der Waals surface area contributed by atoms with Crippen molar-refractivity contribution < 1.29 is 38.0 Å². The molecule has 2 aliphatic carbocycles. The fraction of sp³-hybridized carbons (Fsp3) is 0.444. The summed E-state index contributed by atoms with van der Waals surface area (Å²) >= 11 is 6.17. The molecule has 33 heavy (non-hydrogen) atoms. The van der Waals surface area contributed by atoms with Crippen LogP contribution in [0.15, 0.2) is 42.0 Å². The Morgan fingerprint density at radius 1 is 1.15 bits per heavy atom. The van der Waals surface area contributed by atoms with E-state index in [0.29, 0.717) is 10.6 Å². The van der Waals surface area contributed by atoms with E-state index >= 15 is 0 Å². The SMILES string of the molecule is Cc1cc(Cl)cc2c1OCC(C(=O)Nc1ccc(C[N+](C)(C)C3CC4CCC3C4)cc1)=C2.[I-]. The van der Waals surface area contributed by atoms with Crippen LogP contribution in [-0.2, 0) is 11.3 Å². The number of hydrogen-bond donors (Lipinski definition) is 1.